The van der Waals surface area contributed by atoms with Gasteiger partial charge in [0.15, 0.2) is 5.41 Å². The Morgan fingerprint density at radius 2 is 1.55 bits per heavy atom. The zero-order valence-corrected chi connectivity index (χ0v) is 13.7. The van der Waals surface area contributed by atoms with E-state index in [1.165, 1.54) is 0 Å². The number of carbonyl (C=O) groups excluding carboxylic acids is 3. The molecule has 100 valence electrons. The molecule has 0 saturated carbocycles. The molecule has 1 heterocycles. The predicted molar refractivity (Wildman–Crippen MR) is 69.3 cm³/mol. The van der Waals surface area contributed by atoms with E-state index in [0.717, 1.165) is 12.8 Å². The van der Waals surface area contributed by atoms with Crippen LogP contribution in [0.25, 0.3) is 0 Å². The first-order valence-corrected chi connectivity index (χ1v) is 6.33. The van der Waals surface area contributed by atoms with Crippen LogP contribution in [0.4, 0.5) is 4.79 Å². The number of benzene rings is 1. The molecule has 0 spiro atoms. The Hall–Kier alpha value is -1.17. The Bertz CT molecular complexity index is 496. The van der Waals surface area contributed by atoms with E-state index < -0.39 is 23.3 Å². The van der Waals surface area contributed by atoms with E-state index in [1.54, 1.807) is 24.3 Å². The molecular formula is C14H16N2NaO3+. The summed E-state index contributed by atoms with van der Waals surface area (Å²) in [6.07, 6.45) is 1.98. The van der Waals surface area contributed by atoms with Crippen molar-refractivity contribution >= 4 is 17.8 Å². The smallest absolute Gasteiger partial charge is 0.277 e. The van der Waals surface area contributed by atoms with Crippen LogP contribution < -0.4 is 40.2 Å². The maximum atomic E-state index is 12.3. The van der Waals surface area contributed by atoms with E-state index in [9.17, 15) is 14.4 Å². The van der Waals surface area contributed by atoms with Crippen LogP contribution in [0.1, 0.15) is 31.7 Å². The minimum atomic E-state index is -1.30. The van der Waals surface area contributed by atoms with Gasteiger partial charge in [-0.25, -0.2) is 4.79 Å². The fourth-order valence-corrected chi connectivity index (χ4v) is 2.35. The molecular weight excluding hydrogens is 267 g/mol. The fraction of sp³-hybridized carbons (Fsp3) is 0.357. The summed E-state index contributed by atoms with van der Waals surface area (Å²) < 4.78 is 0. The van der Waals surface area contributed by atoms with Crippen molar-refractivity contribution in [2.75, 3.05) is 0 Å². The molecule has 2 rings (SSSR count). The summed E-state index contributed by atoms with van der Waals surface area (Å²) >= 11 is 0. The third-order valence-electron chi connectivity index (χ3n) is 3.40. The van der Waals surface area contributed by atoms with Crippen LogP contribution >= 0.6 is 0 Å². The zero-order chi connectivity index (χ0) is 13.9. The molecule has 5 nitrogen and oxygen atoms in total. The van der Waals surface area contributed by atoms with Gasteiger partial charge < -0.3 is 0 Å². The number of barbiturate groups is 1. The average molecular weight is 283 g/mol. The van der Waals surface area contributed by atoms with Crippen molar-refractivity contribution in [3.8, 4) is 0 Å². The third-order valence-corrected chi connectivity index (χ3v) is 3.40. The molecule has 4 amide bonds. The quantitative estimate of drug-likeness (QED) is 0.521. The molecule has 0 atom stereocenters. The number of rotatable bonds is 4. The summed E-state index contributed by atoms with van der Waals surface area (Å²) in [7, 11) is 0. The number of amides is 4. The Morgan fingerprint density at radius 3 is 2.05 bits per heavy atom. The van der Waals surface area contributed by atoms with Crippen molar-refractivity contribution < 1.29 is 43.9 Å². The molecule has 20 heavy (non-hydrogen) atoms. The van der Waals surface area contributed by atoms with Crippen LogP contribution in [0.15, 0.2) is 30.3 Å². The van der Waals surface area contributed by atoms with Crippen molar-refractivity contribution in [2.24, 2.45) is 0 Å². The molecule has 0 radical (unpaired) electrons. The Balaban J connectivity index is 0.00000200. The number of nitrogens with one attached hydrogen (secondary N) is 2. The van der Waals surface area contributed by atoms with Crippen molar-refractivity contribution in [3.05, 3.63) is 35.9 Å². The number of carbonyl (C=O) groups is 3. The van der Waals surface area contributed by atoms with E-state index in [2.05, 4.69) is 10.6 Å². The fourth-order valence-electron chi connectivity index (χ4n) is 2.35. The Labute approximate surface area is 139 Å². The van der Waals surface area contributed by atoms with Crippen LogP contribution in [0.3, 0.4) is 0 Å². The van der Waals surface area contributed by atoms with Gasteiger partial charge >= 0.3 is 35.6 Å². The first-order chi connectivity index (χ1) is 9.11. The first-order valence-electron chi connectivity index (χ1n) is 6.33. The van der Waals surface area contributed by atoms with Crippen molar-refractivity contribution in [1.82, 2.24) is 10.6 Å². The second kappa shape index (κ2) is 7.02. The summed E-state index contributed by atoms with van der Waals surface area (Å²) in [5, 5.41) is 4.40. The summed E-state index contributed by atoms with van der Waals surface area (Å²) in [5.74, 6) is -1.08. The largest absolute Gasteiger partial charge is 1.00 e. The van der Waals surface area contributed by atoms with E-state index in [1.807, 2.05) is 13.0 Å². The molecule has 1 aliphatic heterocycles. The monoisotopic (exact) mass is 283 g/mol. The van der Waals surface area contributed by atoms with Gasteiger partial charge in [-0.2, -0.15) is 0 Å². The van der Waals surface area contributed by atoms with Crippen molar-refractivity contribution in [1.29, 1.82) is 0 Å². The van der Waals surface area contributed by atoms with E-state index in [0.29, 0.717) is 12.0 Å². The topological polar surface area (TPSA) is 75.3 Å². The van der Waals surface area contributed by atoms with Crippen LogP contribution in [-0.2, 0) is 15.0 Å². The van der Waals surface area contributed by atoms with Crippen molar-refractivity contribution in [2.45, 2.75) is 31.6 Å². The van der Waals surface area contributed by atoms with Crippen molar-refractivity contribution in [3.63, 3.8) is 0 Å². The SMILES string of the molecule is CCCCC1(c2ccccc2)C(=O)NC(=O)NC1=O.[Na+]. The van der Waals surface area contributed by atoms with Crippen LogP contribution in [0.2, 0.25) is 0 Å². The van der Waals surface area contributed by atoms with Gasteiger partial charge in [-0.1, -0.05) is 50.1 Å². The van der Waals surface area contributed by atoms with Gasteiger partial charge in [0.1, 0.15) is 0 Å². The molecule has 0 unspecified atom stereocenters. The summed E-state index contributed by atoms with van der Waals surface area (Å²) in [6.45, 7) is 1.99. The number of hydrogen-bond donors (Lipinski definition) is 2. The molecule has 1 saturated heterocycles. The van der Waals surface area contributed by atoms with Gasteiger partial charge in [-0.05, 0) is 12.0 Å². The molecule has 1 aliphatic rings. The molecule has 0 aliphatic carbocycles. The average Bonchev–Trinajstić information content (AvgIpc) is 2.39. The standard InChI is InChI=1S/C14H16N2O3.Na/c1-2-3-9-14(10-7-5-4-6-8-10)11(17)15-13(19)16-12(14)18;/h4-8H,2-3,9H2,1H3,(H2,15,16,17,18,19);/q;+1. The van der Waals surface area contributed by atoms with E-state index in [-0.39, 0.29) is 29.6 Å². The molecule has 1 fully saturated rings. The van der Waals surface area contributed by atoms with Crippen LogP contribution in [0.5, 0.6) is 0 Å². The van der Waals surface area contributed by atoms with Gasteiger partial charge in [-0.15, -0.1) is 0 Å². The number of unbranched alkanes of at least 4 members (excludes halogenated alkanes) is 1. The predicted octanol–water partition coefficient (Wildman–Crippen LogP) is -1.52. The Kier molecular flexibility index (Phi) is 5.92. The van der Waals surface area contributed by atoms with Crippen LogP contribution in [-0.4, -0.2) is 17.8 Å². The minimum Gasteiger partial charge on any atom is -0.277 e. The Morgan fingerprint density at radius 1 is 1.00 bits per heavy atom. The van der Waals surface area contributed by atoms with Gasteiger partial charge in [-0.3, -0.25) is 20.2 Å². The molecule has 2 N–H and O–H groups in total. The second-order valence-corrected chi connectivity index (χ2v) is 4.61. The number of imide groups is 2. The maximum absolute atomic E-state index is 12.3. The zero-order valence-electron chi connectivity index (χ0n) is 11.7. The normalized spacial score (nSPS) is 16.9. The summed E-state index contributed by atoms with van der Waals surface area (Å²) in [5.41, 5.74) is -0.684. The number of hydrogen-bond acceptors (Lipinski definition) is 3. The third kappa shape index (κ3) is 2.95. The summed E-state index contributed by atoms with van der Waals surface area (Å²) in [4.78, 5) is 35.7. The first kappa shape index (κ1) is 16.9. The summed E-state index contributed by atoms with van der Waals surface area (Å²) in [6, 6.07) is 8.11. The second-order valence-electron chi connectivity index (χ2n) is 4.61. The molecule has 0 bridgehead atoms. The molecule has 6 heteroatoms. The molecule has 1 aromatic carbocycles. The van der Waals surface area contributed by atoms with Gasteiger partial charge in [0.25, 0.3) is 0 Å². The van der Waals surface area contributed by atoms with E-state index >= 15 is 0 Å². The molecule has 1 aromatic rings. The maximum Gasteiger partial charge on any atom is 1.00 e. The minimum absolute atomic E-state index is 0. The van der Waals surface area contributed by atoms with Gasteiger partial charge in [0.05, 0.1) is 0 Å². The van der Waals surface area contributed by atoms with Gasteiger partial charge in [0.2, 0.25) is 11.8 Å². The molecule has 0 aromatic heterocycles. The van der Waals surface area contributed by atoms with Gasteiger partial charge in [0, 0.05) is 0 Å². The van der Waals surface area contributed by atoms with Crippen LogP contribution in [0, 0.1) is 0 Å². The number of urea groups is 1. The van der Waals surface area contributed by atoms with E-state index in [4.69, 9.17) is 0 Å².